The summed E-state index contributed by atoms with van der Waals surface area (Å²) in [4.78, 5) is 35.0. The maximum absolute atomic E-state index is 12.8. The van der Waals surface area contributed by atoms with Crippen molar-refractivity contribution >= 4 is 29.1 Å². The van der Waals surface area contributed by atoms with Crippen molar-refractivity contribution in [3.63, 3.8) is 0 Å². The lowest BCUT2D eigenvalue weighted by Crippen LogP contribution is -2.14. The maximum atomic E-state index is 12.8. The number of benzene rings is 2. The molecule has 2 aromatic carbocycles. The van der Waals surface area contributed by atoms with Crippen LogP contribution in [-0.2, 0) is 16.2 Å². The molecule has 3 rings (SSSR count). The molecule has 1 heterocycles. The first-order valence-electron chi connectivity index (χ1n) is 10.8. The summed E-state index contributed by atoms with van der Waals surface area (Å²) in [5.74, 6) is -1.67. The predicted molar refractivity (Wildman–Crippen MR) is 128 cm³/mol. The summed E-state index contributed by atoms with van der Waals surface area (Å²) in [7, 11) is 0. The molecule has 0 unspecified atom stereocenters. The fourth-order valence-electron chi connectivity index (χ4n) is 3.45. The van der Waals surface area contributed by atoms with Gasteiger partial charge in [0.15, 0.2) is 5.78 Å². The minimum absolute atomic E-state index is 0.115. The van der Waals surface area contributed by atoms with Gasteiger partial charge in [0.2, 0.25) is 0 Å². The van der Waals surface area contributed by atoms with E-state index in [1.807, 2.05) is 48.0 Å². The van der Waals surface area contributed by atoms with Crippen molar-refractivity contribution in [3.05, 3.63) is 81.5 Å². The van der Waals surface area contributed by atoms with Gasteiger partial charge in [-0.1, -0.05) is 24.3 Å². The highest BCUT2D eigenvalue weighted by molar-refractivity contribution is 7.07. The average Bonchev–Trinajstić information content (AvgIpc) is 3.33. The van der Waals surface area contributed by atoms with Crippen molar-refractivity contribution in [2.45, 2.75) is 45.3 Å². The van der Waals surface area contributed by atoms with Crippen LogP contribution < -0.4 is 9.47 Å². The summed E-state index contributed by atoms with van der Waals surface area (Å²) in [5, 5.41) is 22.1. The van der Waals surface area contributed by atoms with Crippen molar-refractivity contribution in [3.8, 4) is 11.5 Å². The normalized spacial score (nSPS) is 11.6. The van der Waals surface area contributed by atoms with Crippen LogP contribution in [0.5, 0.6) is 11.5 Å². The van der Waals surface area contributed by atoms with Gasteiger partial charge in [0, 0.05) is 18.9 Å². The molecular weight excluding hydrogens is 456 g/mol. The standard InChI is InChI=1S/C26H26O7S/c1-17-4-2-3-5-20(17)23(9-11-26(30)31)33-24-14-19(32-15-18-12-13-34-16-18)6-7-21(24)22(27)8-10-25(28)29/h2-7,12-14,16,23H,8-11,15H2,1H3,(H,28,29)(H,30,31)/t23-/m0/s1. The van der Waals surface area contributed by atoms with Crippen molar-refractivity contribution in [2.75, 3.05) is 0 Å². The number of hydrogen-bond acceptors (Lipinski definition) is 6. The molecule has 0 aliphatic heterocycles. The lowest BCUT2D eigenvalue weighted by atomic mass is 9.99. The van der Waals surface area contributed by atoms with E-state index in [4.69, 9.17) is 14.6 Å². The van der Waals surface area contributed by atoms with Gasteiger partial charge in [-0.2, -0.15) is 11.3 Å². The van der Waals surface area contributed by atoms with E-state index in [2.05, 4.69) is 0 Å². The Balaban J connectivity index is 1.92. The molecule has 0 aliphatic rings. The van der Waals surface area contributed by atoms with Crippen LogP contribution in [0.15, 0.2) is 59.3 Å². The lowest BCUT2D eigenvalue weighted by molar-refractivity contribution is -0.138. The molecule has 0 amide bonds. The Hall–Kier alpha value is -3.65. The van der Waals surface area contributed by atoms with Crippen LogP contribution in [0.3, 0.4) is 0 Å². The summed E-state index contributed by atoms with van der Waals surface area (Å²) < 4.78 is 12.1. The predicted octanol–water partition coefficient (Wildman–Crippen LogP) is 5.67. The highest BCUT2D eigenvalue weighted by Gasteiger charge is 2.22. The Labute approximate surface area is 201 Å². The summed E-state index contributed by atoms with van der Waals surface area (Å²) in [6.07, 6.45) is -1.01. The van der Waals surface area contributed by atoms with Gasteiger partial charge in [-0.25, -0.2) is 0 Å². The number of ether oxygens (including phenoxy) is 2. The molecule has 178 valence electrons. The van der Waals surface area contributed by atoms with E-state index in [-0.39, 0.29) is 42.8 Å². The van der Waals surface area contributed by atoms with E-state index in [1.165, 1.54) is 0 Å². The molecule has 34 heavy (non-hydrogen) atoms. The van der Waals surface area contributed by atoms with Gasteiger partial charge in [-0.15, -0.1) is 0 Å². The minimum atomic E-state index is -1.06. The molecule has 0 aliphatic carbocycles. The fourth-order valence-corrected chi connectivity index (χ4v) is 4.10. The van der Waals surface area contributed by atoms with Gasteiger partial charge in [0.1, 0.15) is 24.2 Å². The van der Waals surface area contributed by atoms with E-state index >= 15 is 0 Å². The second-order valence-corrected chi connectivity index (χ2v) is 8.57. The van der Waals surface area contributed by atoms with E-state index in [0.29, 0.717) is 12.4 Å². The van der Waals surface area contributed by atoms with Crippen LogP contribution in [-0.4, -0.2) is 27.9 Å². The average molecular weight is 483 g/mol. The largest absolute Gasteiger partial charge is 0.489 e. The molecule has 7 nitrogen and oxygen atoms in total. The minimum Gasteiger partial charge on any atom is -0.489 e. The van der Waals surface area contributed by atoms with E-state index in [0.717, 1.165) is 16.7 Å². The molecule has 2 N–H and O–H groups in total. The Kier molecular flexibility index (Phi) is 8.81. The Bertz CT molecular complexity index is 1140. The van der Waals surface area contributed by atoms with Crippen molar-refractivity contribution < 1.29 is 34.1 Å². The van der Waals surface area contributed by atoms with Crippen molar-refractivity contribution in [1.82, 2.24) is 0 Å². The number of aliphatic carboxylic acids is 2. The number of carbonyl (C=O) groups is 3. The number of hydrogen-bond donors (Lipinski definition) is 2. The van der Waals surface area contributed by atoms with Crippen molar-refractivity contribution in [1.29, 1.82) is 0 Å². The number of ketones is 1. The zero-order chi connectivity index (χ0) is 24.5. The smallest absolute Gasteiger partial charge is 0.303 e. The van der Waals surface area contributed by atoms with Crippen LogP contribution in [0, 0.1) is 6.92 Å². The third kappa shape index (κ3) is 7.18. The summed E-state index contributed by atoms with van der Waals surface area (Å²) in [6, 6.07) is 14.3. The Morgan fingerprint density at radius 3 is 2.41 bits per heavy atom. The monoisotopic (exact) mass is 482 g/mol. The van der Waals surface area contributed by atoms with Crippen LogP contribution in [0.4, 0.5) is 0 Å². The molecule has 1 atom stereocenters. The number of carboxylic acid groups (broad SMARTS) is 2. The molecule has 0 spiro atoms. The third-order valence-corrected chi connectivity index (χ3v) is 5.96. The quantitative estimate of drug-likeness (QED) is 0.302. The Morgan fingerprint density at radius 2 is 1.74 bits per heavy atom. The summed E-state index contributed by atoms with van der Waals surface area (Å²) in [5.41, 5.74) is 2.99. The molecule has 0 bridgehead atoms. The van der Waals surface area contributed by atoms with Crippen molar-refractivity contribution in [2.24, 2.45) is 0 Å². The molecule has 0 radical (unpaired) electrons. The highest BCUT2D eigenvalue weighted by Crippen LogP contribution is 2.34. The first kappa shape index (κ1) is 25.0. The molecule has 0 saturated carbocycles. The molecule has 0 saturated heterocycles. The zero-order valence-corrected chi connectivity index (χ0v) is 19.5. The first-order valence-corrected chi connectivity index (χ1v) is 11.7. The number of thiophene rings is 1. The number of carboxylic acids is 2. The first-order chi connectivity index (χ1) is 16.3. The molecule has 1 aromatic heterocycles. The van der Waals surface area contributed by atoms with Crippen LogP contribution in [0.2, 0.25) is 0 Å². The molecular formula is C26H26O7S. The molecule has 8 heteroatoms. The van der Waals surface area contributed by atoms with E-state index < -0.39 is 18.0 Å². The Morgan fingerprint density at radius 1 is 0.971 bits per heavy atom. The van der Waals surface area contributed by atoms with Gasteiger partial charge >= 0.3 is 11.9 Å². The van der Waals surface area contributed by atoms with Gasteiger partial charge in [0.25, 0.3) is 0 Å². The second-order valence-electron chi connectivity index (χ2n) is 7.79. The number of rotatable bonds is 13. The van der Waals surface area contributed by atoms with Crippen LogP contribution in [0.25, 0.3) is 0 Å². The SMILES string of the molecule is Cc1ccccc1[C@H](CCC(=O)O)Oc1cc(OCc2ccsc2)ccc1C(=O)CCC(=O)O. The molecule has 0 fully saturated rings. The second kappa shape index (κ2) is 12.0. The maximum Gasteiger partial charge on any atom is 0.303 e. The summed E-state index contributed by atoms with van der Waals surface area (Å²) >= 11 is 1.56. The van der Waals surface area contributed by atoms with E-state index in [9.17, 15) is 19.5 Å². The van der Waals surface area contributed by atoms with Crippen LogP contribution in [0.1, 0.15) is 58.8 Å². The molecule has 3 aromatic rings. The van der Waals surface area contributed by atoms with Gasteiger partial charge in [-0.3, -0.25) is 14.4 Å². The lowest BCUT2D eigenvalue weighted by Gasteiger charge is -2.23. The van der Waals surface area contributed by atoms with Gasteiger partial charge in [-0.05, 0) is 59.0 Å². The fraction of sp³-hybridized carbons (Fsp3) is 0.269. The zero-order valence-electron chi connectivity index (χ0n) is 18.7. The summed E-state index contributed by atoms with van der Waals surface area (Å²) in [6.45, 7) is 2.25. The number of aryl methyl sites for hydroxylation is 1. The highest BCUT2D eigenvalue weighted by atomic mass is 32.1. The van der Waals surface area contributed by atoms with Crippen LogP contribution >= 0.6 is 11.3 Å². The van der Waals surface area contributed by atoms with Gasteiger partial charge < -0.3 is 19.7 Å². The van der Waals surface area contributed by atoms with E-state index in [1.54, 1.807) is 29.5 Å². The third-order valence-electron chi connectivity index (χ3n) is 5.23. The van der Waals surface area contributed by atoms with Gasteiger partial charge in [0.05, 0.1) is 12.0 Å². The number of carbonyl (C=O) groups excluding carboxylic acids is 1. The number of Topliss-reactive ketones (excluding diaryl/α,β-unsaturated/α-hetero) is 1. The topological polar surface area (TPSA) is 110 Å².